The summed E-state index contributed by atoms with van der Waals surface area (Å²) in [5, 5.41) is 0. The van der Waals surface area contributed by atoms with Gasteiger partial charge in [0, 0.05) is 19.4 Å². The number of carbonyl (C=O) groups is 2. The highest BCUT2D eigenvalue weighted by atomic mass is 31.2. The zero-order valence-corrected chi connectivity index (χ0v) is 53.4. The number of rotatable bonds is 63. The summed E-state index contributed by atoms with van der Waals surface area (Å²) in [6, 6.07) is 0. The van der Waals surface area contributed by atoms with Crippen molar-refractivity contribution in [2.75, 3.05) is 26.4 Å². The molecule has 0 aliphatic heterocycles. The van der Waals surface area contributed by atoms with E-state index in [0.717, 1.165) is 83.5 Å². The zero-order chi connectivity index (χ0) is 58.7. The highest BCUT2D eigenvalue weighted by molar-refractivity contribution is 7.47. The molecule has 468 valence electrons. The largest absolute Gasteiger partial charge is 0.472 e. The van der Waals surface area contributed by atoms with Crippen molar-refractivity contribution >= 4 is 19.8 Å². The van der Waals surface area contributed by atoms with E-state index in [4.69, 9.17) is 24.3 Å². The van der Waals surface area contributed by atoms with Crippen LogP contribution in [0.2, 0.25) is 0 Å². The quantitative estimate of drug-likeness (QED) is 0.0264. The number of nitrogens with two attached hydrogens (primary N) is 1. The molecular weight excluding hydrogens is 1030 g/mol. The van der Waals surface area contributed by atoms with Gasteiger partial charge in [0.05, 0.1) is 13.2 Å². The monoisotopic (exact) mass is 1150 g/mol. The van der Waals surface area contributed by atoms with Gasteiger partial charge < -0.3 is 20.1 Å². The Morgan fingerprint density at radius 3 is 1.02 bits per heavy atom. The maximum absolute atomic E-state index is 12.7. The SMILES string of the molecule is CC/C=C\C/C=C\C/C=C\C/C=C\C/C=C\C/C=C\C/C=C\CCCCCCCCCCCCCCCCCCCCCC(=O)OC(COC(=O)CCCCCCCCCCC/C=C\CCCCCCCC)COP(=O)(O)OCCN. The van der Waals surface area contributed by atoms with Gasteiger partial charge in [-0.05, 0) is 96.3 Å². The Labute approximate surface area is 499 Å². The van der Waals surface area contributed by atoms with Crippen LogP contribution in [0.15, 0.2) is 97.2 Å². The Bertz CT molecular complexity index is 1650. The smallest absolute Gasteiger partial charge is 0.462 e. The van der Waals surface area contributed by atoms with Gasteiger partial charge in [0.2, 0.25) is 0 Å². The molecule has 9 nitrogen and oxygen atoms in total. The van der Waals surface area contributed by atoms with Crippen molar-refractivity contribution in [3.05, 3.63) is 97.2 Å². The second-order valence-corrected chi connectivity index (χ2v) is 23.8. The summed E-state index contributed by atoms with van der Waals surface area (Å²) >= 11 is 0. The van der Waals surface area contributed by atoms with Crippen LogP contribution >= 0.6 is 7.82 Å². The summed E-state index contributed by atoms with van der Waals surface area (Å²) in [5.41, 5.74) is 5.39. The fourth-order valence-electron chi connectivity index (χ4n) is 9.50. The fourth-order valence-corrected chi connectivity index (χ4v) is 10.3. The Morgan fingerprint density at radius 2 is 0.679 bits per heavy atom. The van der Waals surface area contributed by atoms with Crippen LogP contribution in [0.5, 0.6) is 0 Å². The molecule has 0 bridgehead atoms. The minimum atomic E-state index is -4.39. The normalized spacial score (nSPS) is 13.6. The molecule has 2 unspecified atom stereocenters. The van der Waals surface area contributed by atoms with E-state index in [0.29, 0.717) is 6.42 Å². The molecular formula is C71H126NO8P. The van der Waals surface area contributed by atoms with Crippen LogP contribution in [-0.2, 0) is 32.7 Å². The van der Waals surface area contributed by atoms with Crippen molar-refractivity contribution in [1.29, 1.82) is 0 Å². The molecule has 0 fully saturated rings. The van der Waals surface area contributed by atoms with Crippen LogP contribution in [0.4, 0.5) is 0 Å². The molecule has 0 saturated heterocycles. The molecule has 0 aromatic carbocycles. The molecule has 0 aliphatic carbocycles. The number of hydrogen-bond donors (Lipinski definition) is 2. The summed E-state index contributed by atoms with van der Waals surface area (Å²) in [6.45, 7) is 3.66. The molecule has 0 saturated carbocycles. The number of phosphoric acid groups is 1. The minimum Gasteiger partial charge on any atom is -0.462 e. The van der Waals surface area contributed by atoms with Crippen molar-refractivity contribution < 1.29 is 37.6 Å². The third-order valence-corrected chi connectivity index (χ3v) is 15.4. The van der Waals surface area contributed by atoms with Gasteiger partial charge in [0.1, 0.15) is 6.61 Å². The molecule has 0 rings (SSSR count). The lowest BCUT2D eigenvalue weighted by atomic mass is 10.0. The number of unbranched alkanes of at least 4 members (excludes halogenated alkanes) is 34. The first kappa shape index (κ1) is 77.9. The van der Waals surface area contributed by atoms with Crippen LogP contribution in [0.1, 0.15) is 309 Å². The van der Waals surface area contributed by atoms with E-state index in [9.17, 15) is 19.0 Å². The predicted molar refractivity (Wildman–Crippen MR) is 348 cm³/mol. The van der Waals surface area contributed by atoms with E-state index < -0.39 is 26.5 Å². The first-order valence-corrected chi connectivity index (χ1v) is 35.2. The van der Waals surface area contributed by atoms with Gasteiger partial charge in [-0.25, -0.2) is 4.57 Å². The molecule has 0 radical (unpaired) electrons. The summed E-state index contributed by atoms with van der Waals surface area (Å²) < 4.78 is 33.1. The van der Waals surface area contributed by atoms with E-state index in [1.165, 1.54) is 193 Å². The fraction of sp³-hybridized carbons (Fsp3) is 0.746. The zero-order valence-electron chi connectivity index (χ0n) is 52.5. The van der Waals surface area contributed by atoms with E-state index in [1.54, 1.807) is 0 Å². The van der Waals surface area contributed by atoms with Gasteiger partial charge >= 0.3 is 19.8 Å². The van der Waals surface area contributed by atoms with Crippen LogP contribution in [-0.4, -0.2) is 49.3 Å². The van der Waals surface area contributed by atoms with Crippen LogP contribution in [0.3, 0.4) is 0 Å². The van der Waals surface area contributed by atoms with Gasteiger partial charge in [-0.3, -0.25) is 18.6 Å². The third kappa shape index (κ3) is 65.9. The number of phosphoric ester groups is 1. The number of hydrogen-bond acceptors (Lipinski definition) is 8. The molecule has 0 aliphatic rings. The molecule has 0 spiro atoms. The number of allylic oxidation sites excluding steroid dienone is 16. The van der Waals surface area contributed by atoms with Gasteiger partial charge in [-0.15, -0.1) is 0 Å². The van der Waals surface area contributed by atoms with Gasteiger partial charge in [0.15, 0.2) is 6.10 Å². The van der Waals surface area contributed by atoms with E-state index in [-0.39, 0.29) is 38.6 Å². The standard InChI is InChI=1S/C71H126NO8P/c1-3-5-7-9-11-13-15-17-19-21-23-24-25-26-27-28-29-30-31-32-33-34-35-36-37-38-39-40-41-42-43-44-46-48-50-52-54-56-58-60-62-64-71(74)80-69(68-79-81(75,76)78-66-65-72)67-77-70(73)63-61-59-57-55-53-51-49-47-45-22-20-18-16-14-12-10-8-6-4-2/h5,7,11,13,17-20,23-24,26-27,29-30,32-33,69H,3-4,6,8-10,12,14-16,21-22,25,28,31,34-68,72H2,1-2H3,(H,75,76)/b7-5-,13-11-,19-17-,20-18-,24-23-,27-26-,30-29-,33-32-. The van der Waals surface area contributed by atoms with Gasteiger partial charge in [-0.1, -0.05) is 297 Å². The van der Waals surface area contributed by atoms with Crippen molar-refractivity contribution in [3.63, 3.8) is 0 Å². The Morgan fingerprint density at radius 1 is 0.383 bits per heavy atom. The van der Waals surface area contributed by atoms with Crippen molar-refractivity contribution in [3.8, 4) is 0 Å². The average molecular weight is 1150 g/mol. The Balaban J connectivity index is 3.83. The van der Waals surface area contributed by atoms with E-state index >= 15 is 0 Å². The molecule has 0 aromatic heterocycles. The third-order valence-electron chi connectivity index (χ3n) is 14.5. The lowest BCUT2D eigenvalue weighted by Crippen LogP contribution is -2.29. The topological polar surface area (TPSA) is 134 Å². The highest BCUT2D eigenvalue weighted by Crippen LogP contribution is 2.43. The van der Waals surface area contributed by atoms with Gasteiger partial charge in [-0.2, -0.15) is 0 Å². The van der Waals surface area contributed by atoms with Crippen LogP contribution in [0.25, 0.3) is 0 Å². The number of esters is 2. The first-order valence-electron chi connectivity index (χ1n) is 33.7. The predicted octanol–water partition coefficient (Wildman–Crippen LogP) is 22.0. The lowest BCUT2D eigenvalue weighted by molar-refractivity contribution is -0.161. The summed E-state index contributed by atoms with van der Waals surface area (Å²) in [4.78, 5) is 35.3. The average Bonchev–Trinajstić information content (AvgIpc) is 3.46. The highest BCUT2D eigenvalue weighted by Gasteiger charge is 2.26. The summed E-state index contributed by atoms with van der Waals surface area (Å²) in [5.74, 6) is -0.820. The molecule has 10 heteroatoms. The molecule has 0 amide bonds. The van der Waals surface area contributed by atoms with Crippen LogP contribution < -0.4 is 5.73 Å². The Kier molecular flexibility index (Phi) is 63.6. The second-order valence-electron chi connectivity index (χ2n) is 22.3. The second kappa shape index (κ2) is 66.1. The molecule has 0 aromatic rings. The van der Waals surface area contributed by atoms with Crippen molar-refractivity contribution in [2.24, 2.45) is 5.73 Å². The maximum Gasteiger partial charge on any atom is 0.472 e. The summed E-state index contributed by atoms with van der Waals surface area (Å²) in [7, 11) is -4.39. The molecule has 0 heterocycles. The lowest BCUT2D eigenvalue weighted by Gasteiger charge is -2.19. The summed E-state index contributed by atoms with van der Waals surface area (Å²) in [6.07, 6.45) is 89.2. The number of ether oxygens (including phenoxy) is 2. The minimum absolute atomic E-state index is 0.0522. The maximum atomic E-state index is 12.7. The van der Waals surface area contributed by atoms with Crippen molar-refractivity contribution in [1.82, 2.24) is 0 Å². The Hall–Kier alpha value is -3.07. The number of carbonyl (C=O) groups excluding carboxylic acids is 2. The van der Waals surface area contributed by atoms with Crippen LogP contribution in [0, 0.1) is 0 Å². The van der Waals surface area contributed by atoms with E-state index in [2.05, 4.69) is 111 Å². The van der Waals surface area contributed by atoms with E-state index in [1.807, 2.05) is 0 Å². The van der Waals surface area contributed by atoms with Gasteiger partial charge in [0.25, 0.3) is 0 Å². The molecule has 3 N–H and O–H groups in total. The molecule has 2 atom stereocenters. The first-order chi connectivity index (χ1) is 39.8. The molecule has 81 heavy (non-hydrogen) atoms. The van der Waals surface area contributed by atoms with Crippen molar-refractivity contribution in [2.45, 2.75) is 315 Å².